The van der Waals surface area contributed by atoms with Crippen LogP contribution in [-0.2, 0) is 11.2 Å². The Hall–Kier alpha value is -1.16. The largest absolute Gasteiger partial charge is 0.497 e. The van der Waals surface area contributed by atoms with Gasteiger partial charge in [0.05, 0.1) is 12.4 Å². The van der Waals surface area contributed by atoms with Crippen LogP contribution >= 0.6 is 11.8 Å². The summed E-state index contributed by atoms with van der Waals surface area (Å²) in [4.78, 5) is 11.8. The quantitative estimate of drug-likeness (QED) is 0.887. The molecule has 1 aliphatic rings. The number of nitrogens with one attached hydrogen (secondary N) is 1. The van der Waals surface area contributed by atoms with E-state index in [9.17, 15) is 4.79 Å². The van der Waals surface area contributed by atoms with Gasteiger partial charge in [0.2, 0.25) is 5.91 Å². The number of hydrogen-bond donors (Lipinski definition) is 1. The molecule has 0 unspecified atom stereocenters. The number of rotatable bonds is 5. The predicted octanol–water partition coefficient (Wildman–Crippen LogP) is 2.25. The number of carbonyl (C=O) groups is 1. The second-order valence-corrected chi connectivity index (χ2v) is 5.70. The number of amides is 1. The summed E-state index contributed by atoms with van der Waals surface area (Å²) in [5.74, 6) is 2.19. The van der Waals surface area contributed by atoms with Crippen LogP contribution in [0, 0.1) is 0 Å². The highest BCUT2D eigenvalue weighted by Crippen LogP contribution is 2.25. The van der Waals surface area contributed by atoms with Crippen molar-refractivity contribution in [1.29, 1.82) is 0 Å². The second-order valence-electron chi connectivity index (χ2n) is 4.39. The van der Waals surface area contributed by atoms with Gasteiger partial charge in [-0.15, -0.1) is 11.8 Å². The molecule has 1 aliphatic heterocycles. The summed E-state index contributed by atoms with van der Waals surface area (Å²) in [6.07, 6.45) is 3.06. The highest BCUT2D eigenvalue weighted by molar-refractivity contribution is 8.00. The molecule has 0 aromatic heterocycles. The van der Waals surface area contributed by atoms with Crippen LogP contribution in [-0.4, -0.2) is 30.6 Å². The van der Waals surface area contributed by atoms with Gasteiger partial charge in [0, 0.05) is 6.54 Å². The molecule has 98 valence electrons. The SMILES string of the molecule is COc1ccc(CCNC(=O)[C@H]2CCCS2)cc1. The highest BCUT2D eigenvalue weighted by atomic mass is 32.2. The monoisotopic (exact) mass is 265 g/mol. The number of thioether (sulfide) groups is 1. The van der Waals surface area contributed by atoms with E-state index >= 15 is 0 Å². The first kappa shape index (κ1) is 13.3. The molecule has 0 bridgehead atoms. The summed E-state index contributed by atoms with van der Waals surface area (Å²) in [5.41, 5.74) is 1.22. The van der Waals surface area contributed by atoms with E-state index in [-0.39, 0.29) is 11.2 Å². The minimum absolute atomic E-state index is 0.181. The van der Waals surface area contributed by atoms with Crippen molar-refractivity contribution >= 4 is 17.7 Å². The minimum Gasteiger partial charge on any atom is -0.497 e. The van der Waals surface area contributed by atoms with Gasteiger partial charge < -0.3 is 10.1 Å². The average Bonchev–Trinajstić information content (AvgIpc) is 2.93. The van der Waals surface area contributed by atoms with E-state index in [4.69, 9.17) is 4.74 Å². The van der Waals surface area contributed by atoms with Crippen LogP contribution < -0.4 is 10.1 Å². The van der Waals surface area contributed by atoms with Crippen molar-refractivity contribution in [2.75, 3.05) is 19.4 Å². The summed E-state index contributed by atoms with van der Waals surface area (Å²) in [7, 11) is 1.66. The van der Waals surface area contributed by atoms with Crippen LogP contribution in [0.3, 0.4) is 0 Å². The van der Waals surface area contributed by atoms with Crippen molar-refractivity contribution in [3.8, 4) is 5.75 Å². The van der Waals surface area contributed by atoms with Crippen molar-refractivity contribution in [2.45, 2.75) is 24.5 Å². The van der Waals surface area contributed by atoms with Gasteiger partial charge in [-0.05, 0) is 42.7 Å². The molecule has 0 saturated carbocycles. The normalized spacial score (nSPS) is 18.6. The molecule has 0 aliphatic carbocycles. The Morgan fingerprint density at radius 1 is 1.44 bits per heavy atom. The Kier molecular flexibility index (Phi) is 4.93. The molecule has 0 spiro atoms. The Morgan fingerprint density at radius 3 is 2.83 bits per heavy atom. The summed E-state index contributed by atoms with van der Waals surface area (Å²) < 4.78 is 5.11. The van der Waals surface area contributed by atoms with Gasteiger partial charge in [-0.25, -0.2) is 0 Å². The molecule has 1 amide bonds. The molecule has 1 saturated heterocycles. The number of ether oxygens (including phenoxy) is 1. The lowest BCUT2D eigenvalue weighted by molar-refractivity contribution is -0.120. The standard InChI is InChI=1S/C14H19NO2S/c1-17-12-6-4-11(5-7-12)8-9-15-14(16)13-3-2-10-18-13/h4-7,13H,2-3,8-10H2,1H3,(H,15,16)/t13-/m1/s1. The molecule has 18 heavy (non-hydrogen) atoms. The molecule has 1 aromatic carbocycles. The van der Waals surface area contributed by atoms with E-state index in [1.165, 1.54) is 12.0 Å². The smallest absolute Gasteiger partial charge is 0.233 e. The number of carbonyl (C=O) groups excluding carboxylic acids is 1. The first-order valence-corrected chi connectivity index (χ1v) is 7.37. The predicted molar refractivity (Wildman–Crippen MR) is 75.2 cm³/mol. The van der Waals surface area contributed by atoms with Crippen LogP contribution in [0.15, 0.2) is 24.3 Å². The highest BCUT2D eigenvalue weighted by Gasteiger charge is 2.22. The molecule has 0 radical (unpaired) electrons. The average molecular weight is 265 g/mol. The molecule has 3 nitrogen and oxygen atoms in total. The fraction of sp³-hybridized carbons (Fsp3) is 0.500. The fourth-order valence-electron chi connectivity index (χ4n) is 2.02. The van der Waals surface area contributed by atoms with E-state index in [0.29, 0.717) is 6.54 Å². The third-order valence-corrected chi connectivity index (χ3v) is 4.47. The van der Waals surface area contributed by atoms with E-state index in [2.05, 4.69) is 5.32 Å². The first-order chi connectivity index (χ1) is 8.79. The van der Waals surface area contributed by atoms with E-state index in [1.807, 2.05) is 24.3 Å². The lowest BCUT2D eigenvalue weighted by Gasteiger charge is -2.10. The molecular weight excluding hydrogens is 246 g/mol. The first-order valence-electron chi connectivity index (χ1n) is 6.32. The molecule has 4 heteroatoms. The van der Waals surface area contributed by atoms with Gasteiger partial charge in [0.15, 0.2) is 0 Å². The molecule has 1 fully saturated rings. The Bertz CT molecular complexity index is 385. The summed E-state index contributed by atoms with van der Waals surface area (Å²) >= 11 is 1.77. The van der Waals surface area contributed by atoms with Crippen molar-refractivity contribution in [3.63, 3.8) is 0 Å². The summed E-state index contributed by atoms with van der Waals surface area (Å²) in [6.45, 7) is 0.711. The van der Waals surface area contributed by atoms with Gasteiger partial charge >= 0.3 is 0 Å². The molecule has 1 heterocycles. The summed E-state index contributed by atoms with van der Waals surface area (Å²) in [6, 6.07) is 7.97. The third kappa shape index (κ3) is 3.67. The van der Waals surface area contributed by atoms with Crippen molar-refractivity contribution in [3.05, 3.63) is 29.8 Å². The molecule has 1 aromatic rings. The lowest BCUT2D eigenvalue weighted by atomic mass is 10.1. The minimum atomic E-state index is 0.181. The molecule has 1 atom stereocenters. The third-order valence-electron chi connectivity index (χ3n) is 3.09. The van der Waals surface area contributed by atoms with Crippen molar-refractivity contribution < 1.29 is 9.53 Å². The zero-order valence-electron chi connectivity index (χ0n) is 10.6. The Morgan fingerprint density at radius 2 is 2.22 bits per heavy atom. The zero-order valence-corrected chi connectivity index (χ0v) is 11.5. The van der Waals surface area contributed by atoms with E-state index in [1.54, 1.807) is 18.9 Å². The van der Waals surface area contributed by atoms with Gasteiger partial charge in [0.25, 0.3) is 0 Å². The Labute approximate surface area is 112 Å². The van der Waals surface area contributed by atoms with Crippen LogP contribution in [0.5, 0.6) is 5.75 Å². The second kappa shape index (κ2) is 6.69. The maximum atomic E-state index is 11.8. The van der Waals surface area contributed by atoms with Crippen LogP contribution in [0.2, 0.25) is 0 Å². The van der Waals surface area contributed by atoms with Crippen molar-refractivity contribution in [1.82, 2.24) is 5.32 Å². The van der Waals surface area contributed by atoms with Gasteiger partial charge in [0.1, 0.15) is 5.75 Å². The molecule has 2 rings (SSSR count). The number of benzene rings is 1. The maximum Gasteiger partial charge on any atom is 0.233 e. The van der Waals surface area contributed by atoms with Gasteiger partial charge in [-0.2, -0.15) is 0 Å². The topological polar surface area (TPSA) is 38.3 Å². The van der Waals surface area contributed by atoms with Crippen molar-refractivity contribution in [2.24, 2.45) is 0 Å². The van der Waals surface area contributed by atoms with Crippen LogP contribution in [0.1, 0.15) is 18.4 Å². The molecular formula is C14H19NO2S. The van der Waals surface area contributed by atoms with E-state index in [0.717, 1.165) is 24.3 Å². The van der Waals surface area contributed by atoms with Crippen LogP contribution in [0.25, 0.3) is 0 Å². The maximum absolute atomic E-state index is 11.8. The van der Waals surface area contributed by atoms with Gasteiger partial charge in [-0.1, -0.05) is 12.1 Å². The number of methoxy groups -OCH3 is 1. The number of hydrogen-bond acceptors (Lipinski definition) is 3. The van der Waals surface area contributed by atoms with E-state index < -0.39 is 0 Å². The zero-order chi connectivity index (χ0) is 12.8. The fourth-order valence-corrected chi connectivity index (χ4v) is 3.21. The molecule has 1 N–H and O–H groups in total. The van der Waals surface area contributed by atoms with Crippen LogP contribution in [0.4, 0.5) is 0 Å². The Balaban J connectivity index is 1.72. The van der Waals surface area contributed by atoms with Gasteiger partial charge in [-0.3, -0.25) is 4.79 Å². The summed E-state index contributed by atoms with van der Waals surface area (Å²) in [5, 5.41) is 3.19. The lowest BCUT2D eigenvalue weighted by Crippen LogP contribution is -2.32.